The first kappa shape index (κ1) is 16.3. The van der Waals surface area contributed by atoms with Crippen molar-refractivity contribution in [3.8, 4) is 0 Å². The van der Waals surface area contributed by atoms with Crippen LogP contribution in [0.5, 0.6) is 0 Å². The van der Waals surface area contributed by atoms with Gasteiger partial charge in [0.15, 0.2) is 6.10 Å². The molecule has 0 saturated carbocycles. The monoisotopic (exact) mass is 356 g/mol. The van der Waals surface area contributed by atoms with Gasteiger partial charge < -0.3 is 4.84 Å². The predicted octanol–water partition coefficient (Wildman–Crippen LogP) is 2.67. The van der Waals surface area contributed by atoms with E-state index in [4.69, 9.17) is 4.84 Å². The third-order valence-electron chi connectivity index (χ3n) is 4.91. The highest BCUT2D eigenvalue weighted by molar-refractivity contribution is 7.89. The topological polar surface area (TPSA) is 59.0 Å². The molecule has 0 aromatic heterocycles. The number of sulfonamides is 1. The van der Waals surface area contributed by atoms with Gasteiger partial charge in [0, 0.05) is 6.54 Å². The van der Waals surface area contributed by atoms with Gasteiger partial charge in [-0.05, 0) is 29.7 Å². The van der Waals surface area contributed by atoms with Crippen molar-refractivity contribution < 1.29 is 13.3 Å². The van der Waals surface area contributed by atoms with Crippen LogP contribution in [0.3, 0.4) is 0 Å². The van der Waals surface area contributed by atoms with Crippen molar-refractivity contribution in [1.82, 2.24) is 4.31 Å². The molecule has 2 aromatic carbocycles. The number of hydrogen-bond donors (Lipinski definition) is 0. The fourth-order valence-corrected chi connectivity index (χ4v) is 4.90. The highest BCUT2D eigenvalue weighted by Crippen LogP contribution is 2.33. The average Bonchev–Trinajstić information content (AvgIpc) is 3.23. The minimum absolute atomic E-state index is 0.0212. The van der Waals surface area contributed by atoms with Gasteiger partial charge in [0.1, 0.15) is 0 Å². The Morgan fingerprint density at radius 3 is 2.48 bits per heavy atom. The number of benzene rings is 2. The summed E-state index contributed by atoms with van der Waals surface area (Å²) in [6, 6.07) is 16.9. The van der Waals surface area contributed by atoms with Crippen molar-refractivity contribution in [3.05, 3.63) is 65.7 Å². The smallest absolute Gasteiger partial charge is 0.243 e. The van der Waals surface area contributed by atoms with Gasteiger partial charge in [-0.3, -0.25) is 0 Å². The molecular formula is C19H20N2O3S. The quantitative estimate of drug-likeness (QED) is 0.846. The van der Waals surface area contributed by atoms with Crippen molar-refractivity contribution >= 4 is 15.7 Å². The van der Waals surface area contributed by atoms with Gasteiger partial charge >= 0.3 is 0 Å². The molecule has 2 aromatic rings. The van der Waals surface area contributed by atoms with Gasteiger partial charge in [-0.1, -0.05) is 54.5 Å². The van der Waals surface area contributed by atoms with Crippen LogP contribution >= 0.6 is 0 Å². The molecule has 0 radical (unpaired) electrons. The van der Waals surface area contributed by atoms with Crippen LogP contribution in [0.4, 0.5) is 0 Å². The van der Waals surface area contributed by atoms with Crippen LogP contribution in [-0.2, 0) is 21.3 Å². The van der Waals surface area contributed by atoms with Crippen molar-refractivity contribution in [2.24, 2.45) is 11.1 Å². The lowest BCUT2D eigenvalue weighted by atomic mass is 9.95. The summed E-state index contributed by atoms with van der Waals surface area (Å²) in [6.07, 6.45) is 0.679. The summed E-state index contributed by atoms with van der Waals surface area (Å²) in [5.74, 6) is -0.0212. The number of aryl methyl sites for hydroxylation is 1. The zero-order valence-electron chi connectivity index (χ0n) is 14.0. The first-order valence-corrected chi connectivity index (χ1v) is 9.92. The Hall–Kier alpha value is -2.18. The molecule has 0 N–H and O–H groups in total. The summed E-state index contributed by atoms with van der Waals surface area (Å²) >= 11 is 0. The molecule has 130 valence electrons. The molecule has 0 spiro atoms. The summed E-state index contributed by atoms with van der Waals surface area (Å²) < 4.78 is 27.4. The lowest BCUT2D eigenvalue weighted by molar-refractivity contribution is 0.0803. The van der Waals surface area contributed by atoms with Crippen LogP contribution in [0.1, 0.15) is 18.1 Å². The Morgan fingerprint density at radius 2 is 1.80 bits per heavy atom. The van der Waals surface area contributed by atoms with Gasteiger partial charge in [-0.25, -0.2) is 8.42 Å². The van der Waals surface area contributed by atoms with E-state index in [0.29, 0.717) is 18.0 Å². The number of fused-ring (bicyclic) bond motifs is 1. The summed E-state index contributed by atoms with van der Waals surface area (Å²) in [7, 11) is -3.51. The van der Waals surface area contributed by atoms with Gasteiger partial charge in [-0.15, -0.1) is 0 Å². The molecule has 0 aliphatic carbocycles. The summed E-state index contributed by atoms with van der Waals surface area (Å²) in [4.78, 5) is 5.86. The highest BCUT2D eigenvalue weighted by Gasteiger charge is 2.46. The van der Waals surface area contributed by atoms with Crippen LogP contribution in [0.2, 0.25) is 0 Å². The van der Waals surface area contributed by atoms with Crippen LogP contribution < -0.4 is 0 Å². The van der Waals surface area contributed by atoms with E-state index in [1.54, 1.807) is 12.1 Å². The molecule has 2 aliphatic rings. The maximum atomic E-state index is 12.9. The van der Waals surface area contributed by atoms with Crippen molar-refractivity contribution in [2.75, 3.05) is 13.1 Å². The molecule has 2 aliphatic heterocycles. The second-order valence-corrected chi connectivity index (χ2v) is 8.35. The summed E-state index contributed by atoms with van der Waals surface area (Å²) in [6.45, 7) is 2.78. The molecule has 4 rings (SSSR count). The summed E-state index contributed by atoms with van der Waals surface area (Å²) in [5.41, 5.74) is 2.95. The first-order chi connectivity index (χ1) is 12.1. The Kier molecular flexibility index (Phi) is 4.09. The average molecular weight is 356 g/mol. The van der Waals surface area contributed by atoms with Gasteiger partial charge in [-0.2, -0.15) is 4.31 Å². The molecule has 0 bridgehead atoms. The van der Waals surface area contributed by atoms with Crippen LogP contribution in [0.15, 0.2) is 64.6 Å². The molecule has 2 heterocycles. The van der Waals surface area contributed by atoms with Gasteiger partial charge in [0.25, 0.3) is 0 Å². The fourth-order valence-electron chi connectivity index (χ4n) is 3.42. The third-order valence-corrected chi connectivity index (χ3v) is 6.76. The van der Waals surface area contributed by atoms with Crippen LogP contribution in [0, 0.1) is 5.92 Å². The normalized spacial score (nSPS) is 23.2. The zero-order chi connectivity index (χ0) is 17.4. The minimum atomic E-state index is -3.51. The minimum Gasteiger partial charge on any atom is -0.390 e. The van der Waals surface area contributed by atoms with E-state index >= 15 is 0 Å². The van der Waals surface area contributed by atoms with E-state index in [2.05, 4.69) is 5.16 Å². The Labute approximate surface area is 148 Å². The number of nitrogens with zero attached hydrogens (tertiary/aromatic N) is 2. The van der Waals surface area contributed by atoms with Gasteiger partial charge in [0.05, 0.1) is 23.1 Å². The second kappa shape index (κ2) is 6.28. The molecule has 1 fully saturated rings. The summed E-state index contributed by atoms with van der Waals surface area (Å²) in [5, 5.41) is 4.20. The van der Waals surface area contributed by atoms with E-state index in [-0.39, 0.29) is 12.0 Å². The SMILES string of the molecule is CCc1ccc(S(=O)(=O)N2CC3ON=C(c4ccccc4)C3C2)cc1. The molecular weight excluding hydrogens is 336 g/mol. The van der Waals surface area contributed by atoms with E-state index in [9.17, 15) is 8.42 Å². The van der Waals surface area contributed by atoms with Crippen LogP contribution in [-0.4, -0.2) is 37.6 Å². The van der Waals surface area contributed by atoms with E-state index < -0.39 is 10.0 Å². The van der Waals surface area contributed by atoms with Crippen molar-refractivity contribution in [1.29, 1.82) is 0 Å². The van der Waals surface area contributed by atoms with Crippen molar-refractivity contribution in [2.45, 2.75) is 24.3 Å². The largest absolute Gasteiger partial charge is 0.390 e. The molecule has 2 atom stereocenters. The molecule has 2 unspecified atom stereocenters. The fraction of sp³-hybridized carbons (Fsp3) is 0.316. The highest BCUT2D eigenvalue weighted by atomic mass is 32.2. The standard InChI is InChI=1S/C19H20N2O3S/c1-2-14-8-10-16(11-9-14)25(22,23)21-12-17-18(13-21)24-20-19(17)15-6-4-3-5-7-15/h3-11,17-18H,2,12-13H2,1H3. The van der Waals surface area contributed by atoms with Crippen molar-refractivity contribution in [3.63, 3.8) is 0 Å². The molecule has 0 amide bonds. The van der Waals surface area contributed by atoms with E-state index in [1.165, 1.54) is 4.31 Å². The van der Waals surface area contributed by atoms with Crippen LogP contribution in [0.25, 0.3) is 0 Å². The number of hydrogen-bond acceptors (Lipinski definition) is 4. The maximum Gasteiger partial charge on any atom is 0.243 e. The predicted molar refractivity (Wildman–Crippen MR) is 95.9 cm³/mol. The Balaban J connectivity index is 1.57. The third kappa shape index (κ3) is 2.85. The Morgan fingerprint density at radius 1 is 1.08 bits per heavy atom. The Bertz CT molecular complexity index is 892. The molecule has 1 saturated heterocycles. The van der Waals surface area contributed by atoms with Gasteiger partial charge in [0.2, 0.25) is 10.0 Å². The first-order valence-electron chi connectivity index (χ1n) is 8.48. The zero-order valence-corrected chi connectivity index (χ0v) is 14.8. The maximum absolute atomic E-state index is 12.9. The molecule has 25 heavy (non-hydrogen) atoms. The van der Waals surface area contributed by atoms with E-state index in [0.717, 1.165) is 23.3 Å². The molecule has 5 nitrogen and oxygen atoms in total. The number of oxime groups is 1. The lowest BCUT2D eigenvalue weighted by Crippen LogP contribution is -2.30. The number of rotatable bonds is 4. The van der Waals surface area contributed by atoms with E-state index in [1.807, 2.05) is 49.4 Å². The second-order valence-electron chi connectivity index (χ2n) is 6.41. The molecule has 6 heteroatoms. The lowest BCUT2D eigenvalue weighted by Gasteiger charge is -2.17.